The van der Waals surface area contributed by atoms with Gasteiger partial charge in [0, 0.05) is 46.8 Å². The lowest BCUT2D eigenvalue weighted by molar-refractivity contribution is -0.268. The Morgan fingerprint density at radius 3 is 2.08 bits per heavy atom. The van der Waals surface area contributed by atoms with E-state index in [1.165, 1.54) is 14.0 Å². The van der Waals surface area contributed by atoms with Crippen LogP contribution in [0.5, 0.6) is 0 Å². The summed E-state index contributed by atoms with van der Waals surface area (Å²) in [7, 11) is 1.29. The molecule has 5 atom stereocenters. The molecule has 1 fully saturated rings. The molecule has 49 heavy (non-hydrogen) atoms. The fraction of sp³-hybridized carbons (Fsp3) is 0.289. The molecule has 0 saturated carbocycles. The number of aliphatic hydroxyl groups excluding tert-OH is 1. The first kappa shape index (κ1) is 35.6. The summed E-state index contributed by atoms with van der Waals surface area (Å²) in [5.74, 6) is 0.0127. The number of thioether (sulfide) groups is 1. The maximum Gasteiger partial charge on any atom is 0.328 e. The number of amides is 3. The zero-order valence-electron chi connectivity index (χ0n) is 27.6. The van der Waals surface area contributed by atoms with Crippen molar-refractivity contribution in [1.29, 1.82) is 0 Å². The highest BCUT2D eigenvalue weighted by Crippen LogP contribution is 2.43. The first-order valence-corrected chi connectivity index (χ1v) is 17.0. The van der Waals surface area contributed by atoms with Crippen molar-refractivity contribution in [3.8, 4) is 0 Å². The van der Waals surface area contributed by atoms with Gasteiger partial charge >= 0.3 is 12.0 Å². The number of carbonyl (C=O) groups excluding carboxylic acids is 3. The minimum atomic E-state index is -0.856. The predicted molar refractivity (Wildman–Crippen MR) is 189 cm³/mol. The van der Waals surface area contributed by atoms with Gasteiger partial charge in [-0.15, -0.1) is 11.8 Å². The fourth-order valence-electron chi connectivity index (χ4n) is 5.56. The summed E-state index contributed by atoms with van der Waals surface area (Å²) in [5, 5.41) is 17.8. The van der Waals surface area contributed by atoms with Gasteiger partial charge in [-0.1, -0.05) is 73.7 Å². The van der Waals surface area contributed by atoms with Crippen molar-refractivity contribution in [1.82, 2.24) is 5.32 Å². The predicted octanol–water partition coefficient (Wildman–Crippen LogP) is 6.63. The van der Waals surface area contributed by atoms with Crippen LogP contribution in [0.1, 0.15) is 48.5 Å². The molecule has 11 heteroatoms. The summed E-state index contributed by atoms with van der Waals surface area (Å²) >= 11 is 1.66. The van der Waals surface area contributed by atoms with Crippen molar-refractivity contribution < 1.29 is 33.7 Å². The lowest BCUT2D eigenvalue weighted by Gasteiger charge is -2.41. The van der Waals surface area contributed by atoms with E-state index in [1.807, 2.05) is 91.0 Å². The number of benzene rings is 4. The van der Waals surface area contributed by atoms with E-state index in [9.17, 15) is 19.5 Å². The molecule has 0 aliphatic carbocycles. The molecule has 4 aromatic carbocycles. The van der Waals surface area contributed by atoms with Crippen LogP contribution in [0, 0.1) is 5.92 Å². The maximum absolute atomic E-state index is 12.9. The maximum atomic E-state index is 12.9. The number of esters is 1. The molecule has 1 saturated heterocycles. The van der Waals surface area contributed by atoms with E-state index in [4.69, 9.17) is 14.2 Å². The number of carbonyl (C=O) groups is 3. The Bertz CT molecular complexity index is 1690. The van der Waals surface area contributed by atoms with Gasteiger partial charge in [0.15, 0.2) is 6.29 Å². The SMILES string of the molecule is COC(=O)[C@H](Cc1ccccc1)NC(=O)Nc1ccc([C@@H]2O[C@H](CSc3ccc(NC(C)=O)cc3)[C@H](C)[C@H](c3ccc(CO)cc3)O2)cc1. The summed E-state index contributed by atoms with van der Waals surface area (Å²) in [4.78, 5) is 37.7. The lowest BCUT2D eigenvalue weighted by atomic mass is 9.91. The van der Waals surface area contributed by atoms with Crippen molar-refractivity contribution in [2.24, 2.45) is 5.92 Å². The van der Waals surface area contributed by atoms with E-state index in [0.29, 0.717) is 17.9 Å². The van der Waals surface area contributed by atoms with Crippen LogP contribution in [0.15, 0.2) is 108 Å². The lowest BCUT2D eigenvalue weighted by Crippen LogP contribution is -2.45. The van der Waals surface area contributed by atoms with Gasteiger partial charge in [0.1, 0.15) is 6.04 Å². The van der Waals surface area contributed by atoms with Gasteiger partial charge in [-0.3, -0.25) is 4.79 Å². The molecule has 10 nitrogen and oxygen atoms in total. The van der Waals surface area contributed by atoms with Crippen LogP contribution in [0.2, 0.25) is 0 Å². The molecule has 1 heterocycles. The highest BCUT2D eigenvalue weighted by atomic mass is 32.2. The van der Waals surface area contributed by atoms with Gasteiger partial charge in [0.2, 0.25) is 5.91 Å². The van der Waals surface area contributed by atoms with Crippen molar-refractivity contribution in [2.45, 2.75) is 56.3 Å². The van der Waals surface area contributed by atoms with Gasteiger partial charge in [0.05, 0.1) is 25.9 Å². The number of rotatable bonds is 12. The quantitative estimate of drug-likeness (QED) is 0.0966. The largest absolute Gasteiger partial charge is 0.467 e. The van der Waals surface area contributed by atoms with Gasteiger partial charge in [0.25, 0.3) is 0 Å². The topological polar surface area (TPSA) is 135 Å². The second kappa shape index (κ2) is 17.1. The highest BCUT2D eigenvalue weighted by molar-refractivity contribution is 7.99. The fourth-order valence-corrected chi connectivity index (χ4v) is 6.63. The second-order valence-corrected chi connectivity index (χ2v) is 12.9. The Balaban J connectivity index is 1.27. The first-order valence-electron chi connectivity index (χ1n) is 16.0. The van der Waals surface area contributed by atoms with E-state index < -0.39 is 24.3 Å². The molecule has 0 unspecified atom stereocenters. The minimum absolute atomic E-state index is 0.00524. The molecule has 0 radical (unpaired) electrons. The van der Waals surface area contributed by atoms with E-state index in [-0.39, 0.29) is 30.6 Å². The smallest absolute Gasteiger partial charge is 0.328 e. The average molecular weight is 684 g/mol. The number of urea groups is 1. The van der Waals surface area contributed by atoms with Crippen LogP contribution < -0.4 is 16.0 Å². The number of ether oxygens (including phenoxy) is 3. The number of hydrogen-bond donors (Lipinski definition) is 4. The van der Waals surface area contributed by atoms with E-state index in [1.54, 1.807) is 23.9 Å². The average Bonchev–Trinajstić information content (AvgIpc) is 3.12. The van der Waals surface area contributed by atoms with Gasteiger partial charge in [-0.25, -0.2) is 9.59 Å². The van der Waals surface area contributed by atoms with Crippen molar-refractivity contribution in [3.63, 3.8) is 0 Å². The Morgan fingerprint density at radius 1 is 0.816 bits per heavy atom. The van der Waals surface area contributed by atoms with Crippen LogP contribution in [0.4, 0.5) is 16.2 Å². The number of anilines is 2. The van der Waals surface area contributed by atoms with E-state index in [2.05, 4.69) is 22.9 Å². The van der Waals surface area contributed by atoms with Gasteiger partial charge in [-0.2, -0.15) is 0 Å². The molecule has 0 spiro atoms. The van der Waals surface area contributed by atoms with Crippen molar-refractivity contribution in [2.75, 3.05) is 23.5 Å². The summed E-state index contributed by atoms with van der Waals surface area (Å²) in [6, 6.07) is 30.6. The second-order valence-electron chi connectivity index (χ2n) is 11.8. The Kier molecular flexibility index (Phi) is 12.4. The van der Waals surface area contributed by atoms with Crippen LogP contribution in [0.25, 0.3) is 0 Å². The number of hydrogen-bond acceptors (Lipinski definition) is 8. The van der Waals surface area contributed by atoms with E-state index >= 15 is 0 Å². The van der Waals surface area contributed by atoms with Gasteiger partial charge < -0.3 is 35.3 Å². The monoisotopic (exact) mass is 683 g/mol. The Hall–Kier alpha value is -4.68. The third-order valence-electron chi connectivity index (χ3n) is 8.23. The van der Waals surface area contributed by atoms with Crippen LogP contribution in [-0.4, -0.2) is 48.0 Å². The number of nitrogens with one attached hydrogen (secondary N) is 3. The molecule has 4 aromatic rings. The standard InChI is InChI=1S/C38H41N3O7S/c1-24-34(23-49-32-19-17-30(18-20-32)39-25(2)43)47-37(48-35(24)28-11-9-27(22-42)10-12-28)29-13-15-31(16-14-29)40-38(45)41-33(36(44)46-3)21-26-7-5-4-6-8-26/h4-20,24,33-35,37,42H,21-23H2,1-3H3,(H,39,43)(H2,40,41,45)/t24-,33-,34+,35+,37+/m0/s1. The normalized spacial score (nSPS) is 19.3. The highest BCUT2D eigenvalue weighted by Gasteiger charge is 2.38. The summed E-state index contributed by atoms with van der Waals surface area (Å²) in [6.07, 6.45) is -0.836. The van der Waals surface area contributed by atoms with E-state index in [0.717, 1.165) is 32.8 Å². The number of aliphatic hydroxyl groups is 1. The molecule has 4 N–H and O–H groups in total. The molecule has 0 bridgehead atoms. The molecular formula is C38H41N3O7S. The van der Waals surface area contributed by atoms with Crippen LogP contribution in [-0.2, 0) is 36.8 Å². The van der Waals surface area contributed by atoms with Crippen LogP contribution >= 0.6 is 11.8 Å². The summed E-state index contributed by atoms with van der Waals surface area (Å²) in [5.41, 5.74) is 4.74. The van der Waals surface area contributed by atoms with Gasteiger partial charge in [-0.05, 0) is 53.1 Å². The molecule has 1 aliphatic rings. The first-order chi connectivity index (χ1) is 23.7. The van der Waals surface area contributed by atoms with Crippen LogP contribution in [0.3, 0.4) is 0 Å². The molecular weight excluding hydrogens is 642 g/mol. The molecule has 5 rings (SSSR count). The molecule has 3 amide bonds. The Labute approximate surface area is 290 Å². The zero-order valence-corrected chi connectivity index (χ0v) is 28.4. The third-order valence-corrected chi connectivity index (χ3v) is 9.33. The molecule has 1 aliphatic heterocycles. The number of methoxy groups -OCH3 is 1. The van der Waals surface area contributed by atoms with Crippen molar-refractivity contribution >= 4 is 41.0 Å². The third kappa shape index (κ3) is 9.93. The molecule has 0 aromatic heterocycles. The molecule has 256 valence electrons. The summed E-state index contributed by atoms with van der Waals surface area (Å²) < 4.78 is 18.0. The minimum Gasteiger partial charge on any atom is -0.467 e. The zero-order chi connectivity index (χ0) is 34.8. The Morgan fingerprint density at radius 2 is 1.45 bits per heavy atom. The van der Waals surface area contributed by atoms with Crippen molar-refractivity contribution in [3.05, 3.63) is 125 Å². The summed E-state index contributed by atoms with van der Waals surface area (Å²) in [6.45, 7) is 3.55.